The summed E-state index contributed by atoms with van der Waals surface area (Å²) in [6.07, 6.45) is 6.92. The van der Waals surface area contributed by atoms with Gasteiger partial charge in [0, 0.05) is 18.0 Å². The molecular weight excluding hydrogens is 238 g/mol. The standard InChI is InChI=1S/C16H11NO2/c18-16-14(9-12-5-4-8-17-11-12)10-15(19-16)13-6-2-1-3-7-13/h1-11H/b14-9-. The third kappa shape index (κ3) is 2.45. The molecule has 1 aliphatic rings. The number of hydrogen-bond acceptors (Lipinski definition) is 3. The summed E-state index contributed by atoms with van der Waals surface area (Å²) >= 11 is 0. The first-order valence-corrected chi connectivity index (χ1v) is 5.94. The van der Waals surface area contributed by atoms with Crippen LogP contribution in [0.4, 0.5) is 0 Å². The van der Waals surface area contributed by atoms with E-state index < -0.39 is 0 Å². The monoisotopic (exact) mass is 249 g/mol. The lowest BCUT2D eigenvalue weighted by Crippen LogP contribution is -1.97. The molecule has 19 heavy (non-hydrogen) atoms. The maximum Gasteiger partial charge on any atom is 0.343 e. The maximum absolute atomic E-state index is 11.8. The van der Waals surface area contributed by atoms with E-state index in [0.29, 0.717) is 11.3 Å². The van der Waals surface area contributed by atoms with Gasteiger partial charge in [-0.1, -0.05) is 36.4 Å². The fourth-order valence-corrected chi connectivity index (χ4v) is 1.87. The molecule has 92 valence electrons. The molecular formula is C16H11NO2. The summed E-state index contributed by atoms with van der Waals surface area (Å²) in [5.74, 6) is 0.253. The van der Waals surface area contributed by atoms with Crippen molar-refractivity contribution in [3.05, 3.63) is 77.6 Å². The molecule has 0 spiro atoms. The first-order valence-electron chi connectivity index (χ1n) is 5.94. The Balaban J connectivity index is 1.94. The molecule has 3 heteroatoms. The highest BCUT2D eigenvalue weighted by Crippen LogP contribution is 2.26. The van der Waals surface area contributed by atoms with E-state index in [2.05, 4.69) is 4.98 Å². The Kier molecular flexibility index (Phi) is 2.94. The Morgan fingerprint density at radius 3 is 2.63 bits per heavy atom. The minimum atomic E-state index is -0.331. The molecule has 0 saturated heterocycles. The SMILES string of the molecule is O=C1OC(c2ccccc2)=C/C1=C/c1cccnc1. The van der Waals surface area contributed by atoms with Crippen LogP contribution in [0, 0.1) is 0 Å². The summed E-state index contributed by atoms with van der Waals surface area (Å²) in [6, 6.07) is 13.3. The number of benzene rings is 1. The van der Waals surface area contributed by atoms with Crippen LogP contribution in [0.5, 0.6) is 0 Å². The van der Waals surface area contributed by atoms with E-state index in [1.165, 1.54) is 0 Å². The first-order chi connectivity index (χ1) is 9.33. The molecule has 2 heterocycles. The molecule has 0 bridgehead atoms. The predicted octanol–water partition coefficient (Wildman–Crippen LogP) is 3.06. The van der Waals surface area contributed by atoms with Crippen LogP contribution in [0.3, 0.4) is 0 Å². The number of cyclic esters (lactones) is 1. The van der Waals surface area contributed by atoms with Gasteiger partial charge in [0.2, 0.25) is 0 Å². The summed E-state index contributed by atoms with van der Waals surface area (Å²) < 4.78 is 5.27. The van der Waals surface area contributed by atoms with Crippen LogP contribution in [0.1, 0.15) is 11.1 Å². The van der Waals surface area contributed by atoms with Crippen LogP contribution >= 0.6 is 0 Å². The molecule has 0 N–H and O–H groups in total. The molecule has 3 nitrogen and oxygen atoms in total. The van der Waals surface area contributed by atoms with Crippen molar-refractivity contribution in [3.63, 3.8) is 0 Å². The molecule has 0 saturated carbocycles. The lowest BCUT2D eigenvalue weighted by atomic mass is 10.1. The first kappa shape index (κ1) is 11.4. The van der Waals surface area contributed by atoms with Gasteiger partial charge in [0.25, 0.3) is 0 Å². The number of hydrogen-bond donors (Lipinski definition) is 0. The Morgan fingerprint density at radius 2 is 1.89 bits per heavy atom. The van der Waals surface area contributed by atoms with E-state index in [9.17, 15) is 4.79 Å². The van der Waals surface area contributed by atoms with Crippen molar-refractivity contribution < 1.29 is 9.53 Å². The molecule has 0 fully saturated rings. The largest absolute Gasteiger partial charge is 0.422 e. The summed E-state index contributed by atoms with van der Waals surface area (Å²) in [5.41, 5.74) is 2.30. The highest BCUT2D eigenvalue weighted by molar-refractivity contribution is 6.05. The third-order valence-electron chi connectivity index (χ3n) is 2.79. The molecule has 0 radical (unpaired) electrons. The van der Waals surface area contributed by atoms with Crippen LogP contribution < -0.4 is 0 Å². The summed E-state index contributed by atoms with van der Waals surface area (Å²) in [4.78, 5) is 15.8. The molecule has 1 aromatic heterocycles. The van der Waals surface area contributed by atoms with Crippen molar-refractivity contribution in [1.29, 1.82) is 0 Å². The van der Waals surface area contributed by atoms with Crippen LogP contribution in [0.2, 0.25) is 0 Å². The predicted molar refractivity (Wildman–Crippen MR) is 72.7 cm³/mol. The second-order valence-corrected chi connectivity index (χ2v) is 4.15. The third-order valence-corrected chi connectivity index (χ3v) is 2.79. The van der Waals surface area contributed by atoms with E-state index in [1.807, 2.05) is 42.5 Å². The van der Waals surface area contributed by atoms with Gasteiger partial charge in [-0.05, 0) is 23.8 Å². The van der Waals surface area contributed by atoms with Crippen molar-refractivity contribution in [3.8, 4) is 0 Å². The van der Waals surface area contributed by atoms with E-state index in [-0.39, 0.29) is 5.97 Å². The smallest absolute Gasteiger partial charge is 0.343 e. The Morgan fingerprint density at radius 1 is 1.05 bits per heavy atom. The lowest BCUT2D eigenvalue weighted by Gasteiger charge is -1.99. The fourth-order valence-electron chi connectivity index (χ4n) is 1.87. The quantitative estimate of drug-likeness (QED) is 0.606. The van der Waals surface area contributed by atoms with Crippen molar-refractivity contribution in [2.45, 2.75) is 0 Å². The van der Waals surface area contributed by atoms with Crippen molar-refractivity contribution in [2.24, 2.45) is 0 Å². The van der Waals surface area contributed by atoms with E-state index in [1.54, 1.807) is 24.5 Å². The van der Waals surface area contributed by atoms with Crippen LogP contribution in [-0.4, -0.2) is 11.0 Å². The number of nitrogens with zero attached hydrogens (tertiary/aromatic N) is 1. The Bertz CT molecular complexity index is 658. The molecule has 0 aliphatic carbocycles. The molecule has 3 rings (SSSR count). The summed E-state index contributed by atoms with van der Waals surface area (Å²) in [5, 5.41) is 0. The van der Waals surface area contributed by atoms with Crippen LogP contribution in [-0.2, 0) is 9.53 Å². The second-order valence-electron chi connectivity index (χ2n) is 4.15. The highest BCUT2D eigenvalue weighted by atomic mass is 16.5. The van der Waals surface area contributed by atoms with Gasteiger partial charge in [-0.3, -0.25) is 4.98 Å². The Hall–Kier alpha value is -2.68. The lowest BCUT2D eigenvalue weighted by molar-refractivity contribution is -0.130. The average molecular weight is 249 g/mol. The maximum atomic E-state index is 11.8. The number of carbonyl (C=O) groups is 1. The zero-order valence-corrected chi connectivity index (χ0v) is 10.1. The summed E-state index contributed by atoms with van der Waals surface area (Å²) in [6.45, 7) is 0. The number of pyridine rings is 1. The molecule has 1 aromatic carbocycles. The van der Waals surface area contributed by atoms with E-state index >= 15 is 0 Å². The molecule has 0 atom stereocenters. The number of ether oxygens (including phenoxy) is 1. The zero-order valence-electron chi connectivity index (χ0n) is 10.1. The van der Waals surface area contributed by atoms with Crippen molar-refractivity contribution in [2.75, 3.05) is 0 Å². The number of esters is 1. The van der Waals surface area contributed by atoms with Crippen LogP contribution in [0.15, 0.2) is 66.5 Å². The minimum absolute atomic E-state index is 0.331. The van der Waals surface area contributed by atoms with Gasteiger partial charge < -0.3 is 4.74 Å². The van der Waals surface area contributed by atoms with E-state index in [0.717, 1.165) is 11.1 Å². The average Bonchev–Trinajstić information content (AvgIpc) is 2.82. The van der Waals surface area contributed by atoms with Crippen LogP contribution in [0.25, 0.3) is 11.8 Å². The molecule has 0 unspecified atom stereocenters. The normalized spacial score (nSPS) is 16.3. The van der Waals surface area contributed by atoms with Gasteiger partial charge >= 0.3 is 5.97 Å². The fraction of sp³-hybridized carbons (Fsp3) is 0. The zero-order chi connectivity index (χ0) is 13.1. The summed E-state index contributed by atoms with van der Waals surface area (Å²) in [7, 11) is 0. The highest BCUT2D eigenvalue weighted by Gasteiger charge is 2.21. The molecule has 1 aliphatic heterocycles. The topological polar surface area (TPSA) is 39.2 Å². The van der Waals surface area contributed by atoms with Gasteiger partial charge in [0.15, 0.2) is 0 Å². The minimum Gasteiger partial charge on any atom is -0.422 e. The van der Waals surface area contributed by atoms with Crippen molar-refractivity contribution >= 4 is 17.8 Å². The van der Waals surface area contributed by atoms with Gasteiger partial charge in [0.05, 0.1) is 5.57 Å². The van der Waals surface area contributed by atoms with E-state index in [4.69, 9.17) is 4.74 Å². The Labute approximate surface area is 110 Å². The van der Waals surface area contributed by atoms with Gasteiger partial charge in [-0.25, -0.2) is 4.79 Å². The number of rotatable bonds is 2. The molecule has 2 aromatic rings. The second kappa shape index (κ2) is 4.90. The van der Waals surface area contributed by atoms with Gasteiger partial charge in [-0.2, -0.15) is 0 Å². The number of carbonyl (C=O) groups excluding carboxylic acids is 1. The number of aromatic nitrogens is 1. The van der Waals surface area contributed by atoms with Crippen molar-refractivity contribution in [1.82, 2.24) is 4.98 Å². The van der Waals surface area contributed by atoms with Gasteiger partial charge in [-0.15, -0.1) is 0 Å². The molecule has 0 amide bonds. The van der Waals surface area contributed by atoms with Gasteiger partial charge in [0.1, 0.15) is 5.76 Å².